The van der Waals surface area contributed by atoms with Crippen molar-refractivity contribution in [2.75, 3.05) is 19.6 Å². The summed E-state index contributed by atoms with van der Waals surface area (Å²) in [7, 11) is -3.16. The van der Waals surface area contributed by atoms with Crippen LogP contribution in [0.25, 0.3) is 0 Å². The summed E-state index contributed by atoms with van der Waals surface area (Å²) in [5, 5.41) is 2.71. The molecule has 1 aliphatic rings. The average Bonchev–Trinajstić information content (AvgIpc) is 2.69. The average molecular weight is 262 g/mol. The van der Waals surface area contributed by atoms with Crippen LogP contribution < -0.4 is 10.0 Å². The molecule has 0 aliphatic heterocycles. The maximum atomic E-state index is 11.9. The van der Waals surface area contributed by atoms with Crippen molar-refractivity contribution in [2.45, 2.75) is 45.3 Å². The largest absolute Gasteiger partial charge is 0.316 e. The van der Waals surface area contributed by atoms with Crippen LogP contribution in [0.5, 0.6) is 0 Å². The van der Waals surface area contributed by atoms with Crippen LogP contribution >= 0.6 is 0 Å². The van der Waals surface area contributed by atoms with Crippen molar-refractivity contribution in [1.29, 1.82) is 0 Å². The number of nitrogens with one attached hydrogen (secondary N) is 2. The fourth-order valence-electron chi connectivity index (χ4n) is 2.35. The van der Waals surface area contributed by atoms with Gasteiger partial charge in [0.1, 0.15) is 0 Å². The third kappa shape index (κ3) is 4.56. The minimum absolute atomic E-state index is 0.362. The topological polar surface area (TPSA) is 58.2 Å². The van der Waals surface area contributed by atoms with Gasteiger partial charge in [0.15, 0.2) is 0 Å². The number of sulfonamides is 1. The Balaban J connectivity index is 2.38. The predicted octanol–water partition coefficient (Wildman–Crippen LogP) is 1.34. The molecule has 2 N–H and O–H groups in total. The van der Waals surface area contributed by atoms with E-state index >= 15 is 0 Å². The van der Waals surface area contributed by atoms with Crippen LogP contribution in [0.3, 0.4) is 0 Å². The molecule has 4 nitrogen and oxygen atoms in total. The third-order valence-electron chi connectivity index (χ3n) is 3.80. The van der Waals surface area contributed by atoms with Gasteiger partial charge in [-0.25, -0.2) is 13.1 Å². The Bertz CT molecular complexity index is 316. The lowest BCUT2D eigenvalue weighted by Crippen LogP contribution is -2.41. The first-order valence-electron chi connectivity index (χ1n) is 6.66. The molecule has 3 unspecified atom stereocenters. The standard InChI is InChI=1S/C12H26N2O2S/c1-4-13-8-11(3)17(15,16)14-9-12-7-5-6-10(12)2/h10-14H,4-9H2,1-3H3. The molecule has 0 radical (unpaired) electrons. The highest BCUT2D eigenvalue weighted by molar-refractivity contribution is 7.90. The van der Waals surface area contributed by atoms with Crippen LogP contribution in [0, 0.1) is 11.8 Å². The van der Waals surface area contributed by atoms with Gasteiger partial charge in [0.05, 0.1) is 5.25 Å². The molecular weight excluding hydrogens is 236 g/mol. The van der Waals surface area contributed by atoms with E-state index in [1.807, 2.05) is 6.92 Å². The summed E-state index contributed by atoms with van der Waals surface area (Å²) in [6.07, 6.45) is 3.63. The molecule has 0 heterocycles. The molecule has 102 valence electrons. The Labute approximate surface area is 106 Å². The molecule has 1 rings (SSSR count). The molecule has 0 amide bonds. The minimum atomic E-state index is -3.16. The highest BCUT2D eigenvalue weighted by Crippen LogP contribution is 2.30. The Morgan fingerprint density at radius 1 is 1.35 bits per heavy atom. The zero-order valence-corrected chi connectivity index (χ0v) is 12.0. The predicted molar refractivity (Wildman–Crippen MR) is 71.4 cm³/mol. The second-order valence-electron chi connectivity index (χ2n) is 5.18. The number of hydrogen-bond acceptors (Lipinski definition) is 3. The van der Waals surface area contributed by atoms with Gasteiger partial charge in [0.2, 0.25) is 10.0 Å². The summed E-state index contributed by atoms with van der Waals surface area (Å²) >= 11 is 0. The van der Waals surface area contributed by atoms with Crippen molar-refractivity contribution in [3.8, 4) is 0 Å². The third-order valence-corrected chi connectivity index (χ3v) is 5.59. The Hall–Kier alpha value is -0.130. The van der Waals surface area contributed by atoms with Crippen molar-refractivity contribution in [3.63, 3.8) is 0 Å². The first-order chi connectivity index (χ1) is 7.97. The molecule has 17 heavy (non-hydrogen) atoms. The fourth-order valence-corrected chi connectivity index (χ4v) is 3.42. The van der Waals surface area contributed by atoms with Crippen molar-refractivity contribution < 1.29 is 8.42 Å². The van der Waals surface area contributed by atoms with Gasteiger partial charge in [-0.05, 0) is 31.7 Å². The van der Waals surface area contributed by atoms with Crippen molar-refractivity contribution >= 4 is 10.0 Å². The van der Waals surface area contributed by atoms with E-state index in [0.717, 1.165) is 13.0 Å². The zero-order valence-electron chi connectivity index (χ0n) is 11.2. The van der Waals surface area contributed by atoms with E-state index in [-0.39, 0.29) is 5.25 Å². The van der Waals surface area contributed by atoms with Crippen molar-refractivity contribution in [3.05, 3.63) is 0 Å². The molecule has 1 fully saturated rings. The van der Waals surface area contributed by atoms with Gasteiger partial charge >= 0.3 is 0 Å². The normalized spacial score (nSPS) is 27.2. The highest BCUT2D eigenvalue weighted by atomic mass is 32.2. The van der Waals surface area contributed by atoms with Gasteiger partial charge in [0.25, 0.3) is 0 Å². The molecule has 5 heteroatoms. The van der Waals surface area contributed by atoms with E-state index < -0.39 is 10.0 Å². The molecule has 3 atom stereocenters. The van der Waals surface area contributed by atoms with Gasteiger partial charge in [-0.1, -0.05) is 26.7 Å². The smallest absolute Gasteiger partial charge is 0.215 e. The molecule has 0 aromatic rings. The van der Waals surface area contributed by atoms with Crippen molar-refractivity contribution in [2.24, 2.45) is 11.8 Å². The maximum Gasteiger partial charge on any atom is 0.215 e. The Morgan fingerprint density at radius 3 is 2.59 bits per heavy atom. The number of hydrogen-bond donors (Lipinski definition) is 2. The molecule has 0 aromatic heterocycles. The second-order valence-corrected chi connectivity index (χ2v) is 7.36. The molecule has 0 spiro atoms. The molecule has 0 bridgehead atoms. The highest BCUT2D eigenvalue weighted by Gasteiger charge is 2.26. The minimum Gasteiger partial charge on any atom is -0.316 e. The summed E-state index contributed by atoms with van der Waals surface area (Å²) < 4.78 is 26.7. The summed E-state index contributed by atoms with van der Waals surface area (Å²) in [5.41, 5.74) is 0. The molecule has 0 saturated heterocycles. The lowest BCUT2D eigenvalue weighted by molar-refractivity contribution is 0.413. The van der Waals surface area contributed by atoms with Crippen LogP contribution in [0.4, 0.5) is 0 Å². The van der Waals surface area contributed by atoms with Crippen LogP contribution in [-0.2, 0) is 10.0 Å². The van der Waals surface area contributed by atoms with E-state index in [0.29, 0.717) is 24.9 Å². The van der Waals surface area contributed by atoms with Gasteiger partial charge in [-0.15, -0.1) is 0 Å². The van der Waals surface area contributed by atoms with E-state index in [2.05, 4.69) is 17.0 Å². The van der Waals surface area contributed by atoms with Gasteiger partial charge in [-0.2, -0.15) is 0 Å². The Morgan fingerprint density at radius 2 is 2.06 bits per heavy atom. The van der Waals surface area contributed by atoms with Crippen molar-refractivity contribution in [1.82, 2.24) is 10.0 Å². The zero-order chi connectivity index (χ0) is 12.9. The quantitative estimate of drug-likeness (QED) is 0.728. The van der Waals surface area contributed by atoms with E-state index in [1.165, 1.54) is 12.8 Å². The van der Waals surface area contributed by atoms with E-state index in [4.69, 9.17) is 0 Å². The lowest BCUT2D eigenvalue weighted by Gasteiger charge is -2.19. The summed E-state index contributed by atoms with van der Waals surface area (Å²) in [5.74, 6) is 1.18. The lowest BCUT2D eigenvalue weighted by atomic mass is 9.99. The van der Waals surface area contributed by atoms with E-state index in [1.54, 1.807) is 6.92 Å². The summed E-state index contributed by atoms with van der Waals surface area (Å²) in [6, 6.07) is 0. The summed E-state index contributed by atoms with van der Waals surface area (Å²) in [4.78, 5) is 0. The molecule has 1 aliphatic carbocycles. The van der Waals surface area contributed by atoms with E-state index in [9.17, 15) is 8.42 Å². The van der Waals surface area contributed by atoms with Gasteiger partial charge < -0.3 is 5.32 Å². The second kappa shape index (κ2) is 6.71. The SMILES string of the molecule is CCNCC(C)S(=O)(=O)NCC1CCCC1C. The van der Waals surface area contributed by atoms with Gasteiger partial charge in [0, 0.05) is 13.1 Å². The molecule has 0 aromatic carbocycles. The molecule has 1 saturated carbocycles. The van der Waals surface area contributed by atoms with Crippen LogP contribution in [0.15, 0.2) is 0 Å². The van der Waals surface area contributed by atoms with Crippen LogP contribution in [-0.4, -0.2) is 33.3 Å². The first kappa shape index (κ1) is 14.9. The maximum absolute atomic E-state index is 11.9. The molecular formula is C12H26N2O2S. The number of rotatable bonds is 7. The summed E-state index contributed by atoms with van der Waals surface area (Å²) in [6.45, 7) is 7.88. The van der Waals surface area contributed by atoms with Gasteiger partial charge in [-0.3, -0.25) is 0 Å². The van der Waals surface area contributed by atoms with Crippen LogP contribution in [0.1, 0.15) is 40.0 Å². The Kier molecular flexibility index (Phi) is 5.89. The monoisotopic (exact) mass is 262 g/mol. The fraction of sp³-hybridized carbons (Fsp3) is 1.00. The van der Waals surface area contributed by atoms with Crippen LogP contribution in [0.2, 0.25) is 0 Å². The first-order valence-corrected chi connectivity index (χ1v) is 8.21.